The highest BCUT2D eigenvalue weighted by atomic mass is 127. The normalized spacial score (nSPS) is 16.0. The number of carbonyl (C=O) groups excluding carboxylic acids is 1. The maximum atomic E-state index is 13.2. The van der Waals surface area contributed by atoms with E-state index in [9.17, 15) is 4.79 Å². The number of rotatable bonds is 6. The average molecular weight is 641 g/mol. The van der Waals surface area contributed by atoms with Gasteiger partial charge in [-0.3, -0.25) is 4.79 Å². The summed E-state index contributed by atoms with van der Waals surface area (Å²) in [5.74, 6) is 0.883. The summed E-state index contributed by atoms with van der Waals surface area (Å²) in [7, 11) is 4.62. The van der Waals surface area contributed by atoms with E-state index in [1.165, 1.54) is 27.1 Å². The summed E-state index contributed by atoms with van der Waals surface area (Å²) in [4.78, 5) is 14.5. The Labute approximate surface area is 248 Å². The molecule has 38 heavy (non-hydrogen) atoms. The smallest absolute Gasteiger partial charge is 0.251 e. The Balaban J connectivity index is 0.00000336. The van der Waals surface area contributed by atoms with Crippen molar-refractivity contribution in [2.45, 2.75) is 43.7 Å². The molecule has 5 rings (SSSR count). The van der Waals surface area contributed by atoms with Crippen LogP contribution >= 0.6 is 11.8 Å². The fraction of sp³-hybridized carbons (Fsp3) is 0.344. The van der Waals surface area contributed by atoms with Crippen molar-refractivity contribution in [3.05, 3.63) is 89.0 Å². The molecule has 1 fully saturated rings. The lowest BCUT2D eigenvalue weighted by atomic mass is 10.0. The number of fused-ring (bicyclic) bond motifs is 1. The van der Waals surface area contributed by atoms with E-state index in [0.29, 0.717) is 6.04 Å². The molecule has 3 aromatic rings. The average Bonchev–Trinajstić information content (AvgIpc) is 3.13. The SMILES string of the molecule is Cc1ccc(-c2ccc3c(c2)C=C(C(=O)Nc2ccc(C[N+](C)(C)C4CCOCC4)cc2)CCS3)cc1.[I-]. The van der Waals surface area contributed by atoms with Crippen molar-refractivity contribution in [2.75, 3.05) is 38.4 Å². The zero-order chi connectivity index (χ0) is 25.8. The van der Waals surface area contributed by atoms with Crippen LogP contribution in [0.4, 0.5) is 5.69 Å². The molecule has 1 N–H and O–H groups in total. The molecule has 6 heteroatoms. The predicted molar refractivity (Wildman–Crippen MR) is 155 cm³/mol. The zero-order valence-corrected chi connectivity index (χ0v) is 25.5. The monoisotopic (exact) mass is 640 g/mol. The largest absolute Gasteiger partial charge is 1.00 e. The van der Waals surface area contributed by atoms with Gasteiger partial charge in [-0.2, -0.15) is 0 Å². The van der Waals surface area contributed by atoms with Crippen molar-refractivity contribution in [1.29, 1.82) is 0 Å². The number of nitrogens with one attached hydrogen (secondary N) is 1. The fourth-order valence-corrected chi connectivity index (χ4v) is 6.31. The molecule has 0 saturated carbocycles. The molecule has 3 aromatic carbocycles. The summed E-state index contributed by atoms with van der Waals surface area (Å²) in [6, 6.07) is 24.2. The van der Waals surface area contributed by atoms with Crippen LogP contribution in [-0.2, 0) is 16.1 Å². The van der Waals surface area contributed by atoms with Crippen molar-refractivity contribution in [1.82, 2.24) is 0 Å². The molecule has 0 aliphatic carbocycles. The van der Waals surface area contributed by atoms with Gasteiger partial charge in [0.1, 0.15) is 6.54 Å². The summed E-state index contributed by atoms with van der Waals surface area (Å²) in [6.07, 6.45) is 5.05. The third-order valence-electron chi connectivity index (χ3n) is 7.63. The van der Waals surface area contributed by atoms with Crippen LogP contribution in [0.2, 0.25) is 0 Å². The van der Waals surface area contributed by atoms with Crippen LogP contribution in [0.3, 0.4) is 0 Å². The lowest BCUT2D eigenvalue weighted by Gasteiger charge is -2.40. The Morgan fingerprint density at radius 2 is 1.66 bits per heavy atom. The predicted octanol–water partition coefficient (Wildman–Crippen LogP) is 3.94. The summed E-state index contributed by atoms with van der Waals surface area (Å²) < 4.78 is 6.51. The van der Waals surface area contributed by atoms with Crippen molar-refractivity contribution in [3.63, 3.8) is 0 Å². The molecule has 2 aliphatic heterocycles. The third kappa shape index (κ3) is 7.08. The van der Waals surface area contributed by atoms with E-state index in [4.69, 9.17) is 4.74 Å². The van der Waals surface area contributed by atoms with E-state index in [2.05, 4.69) is 87.0 Å². The first-order chi connectivity index (χ1) is 17.9. The highest BCUT2D eigenvalue weighted by molar-refractivity contribution is 7.99. The molecule has 0 aromatic heterocycles. The van der Waals surface area contributed by atoms with Gasteiger partial charge in [0, 0.05) is 40.3 Å². The molecular formula is C32H37IN2O2S. The maximum absolute atomic E-state index is 13.2. The number of thioether (sulfide) groups is 1. The Kier molecular flexibility index (Phi) is 9.74. The van der Waals surface area contributed by atoms with Gasteiger partial charge in [0.15, 0.2) is 0 Å². The van der Waals surface area contributed by atoms with Gasteiger partial charge in [-0.05, 0) is 60.4 Å². The standard InChI is InChI=1S/C32H36N2O2S.HI/c1-23-4-8-25(9-5-23)26-10-13-31-28(20-26)21-27(16-19-37-31)32(35)33-29-11-6-24(7-12-29)22-34(2,3)30-14-17-36-18-15-30;/h4-13,20-21,30H,14-19,22H2,1-3H3;1H. The van der Waals surface area contributed by atoms with E-state index < -0.39 is 0 Å². The molecule has 0 unspecified atom stereocenters. The van der Waals surface area contributed by atoms with Crippen LogP contribution in [0.25, 0.3) is 17.2 Å². The minimum absolute atomic E-state index is 0. The molecule has 2 aliphatic rings. The Hall–Kier alpha value is -2.13. The summed E-state index contributed by atoms with van der Waals surface area (Å²) in [6.45, 7) is 4.81. The molecule has 0 radical (unpaired) electrons. The van der Waals surface area contributed by atoms with Gasteiger partial charge in [0.25, 0.3) is 5.91 Å². The second-order valence-electron chi connectivity index (χ2n) is 10.8. The van der Waals surface area contributed by atoms with Crippen LogP contribution in [0.1, 0.15) is 36.0 Å². The van der Waals surface area contributed by atoms with Gasteiger partial charge in [0.05, 0.1) is 33.4 Å². The van der Waals surface area contributed by atoms with Gasteiger partial charge < -0.3 is 38.5 Å². The fourth-order valence-electron chi connectivity index (χ4n) is 5.32. The minimum atomic E-state index is -0.0137. The second kappa shape index (κ2) is 12.8. The number of anilines is 1. The summed E-state index contributed by atoms with van der Waals surface area (Å²) >= 11 is 1.82. The Morgan fingerprint density at radius 1 is 0.974 bits per heavy atom. The van der Waals surface area contributed by atoms with Crippen LogP contribution in [0, 0.1) is 6.92 Å². The molecule has 2 heterocycles. The highest BCUT2D eigenvalue weighted by Gasteiger charge is 2.30. The zero-order valence-electron chi connectivity index (χ0n) is 22.5. The van der Waals surface area contributed by atoms with E-state index in [1.807, 2.05) is 23.9 Å². The third-order valence-corrected chi connectivity index (χ3v) is 8.72. The number of carbonyl (C=O) groups is 1. The number of halogens is 1. The first kappa shape index (κ1) is 28.9. The van der Waals surface area contributed by atoms with E-state index >= 15 is 0 Å². The molecule has 4 nitrogen and oxygen atoms in total. The molecule has 0 atom stereocenters. The number of benzene rings is 3. The summed E-state index contributed by atoms with van der Waals surface area (Å²) in [5.41, 5.74) is 7.70. The first-order valence-electron chi connectivity index (χ1n) is 13.2. The highest BCUT2D eigenvalue weighted by Crippen LogP contribution is 2.34. The number of amides is 1. The van der Waals surface area contributed by atoms with Gasteiger partial charge in [-0.25, -0.2) is 0 Å². The Morgan fingerprint density at radius 3 is 2.37 bits per heavy atom. The van der Waals surface area contributed by atoms with Crippen LogP contribution in [-0.4, -0.2) is 49.5 Å². The number of hydrogen-bond donors (Lipinski definition) is 1. The lowest BCUT2D eigenvalue weighted by molar-refractivity contribution is -0.929. The van der Waals surface area contributed by atoms with Gasteiger partial charge in [-0.15, -0.1) is 11.8 Å². The number of hydrogen-bond acceptors (Lipinski definition) is 3. The molecule has 0 bridgehead atoms. The Bertz CT molecular complexity index is 1280. The van der Waals surface area contributed by atoms with Crippen LogP contribution in [0.5, 0.6) is 0 Å². The first-order valence-corrected chi connectivity index (χ1v) is 14.2. The van der Waals surface area contributed by atoms with Crippen LogP contribution < -0.4 is 29.3 Å². The molecule has 1 saturated heterocycles. The van der Waals surface area contributed by atoms with Gasteiger partial charge in [-0.1, -0.05) is 48.0 Å². The van der Waals surface area contributed by atoms with Crippen molar-refractivity contribution < 1.29 is 38.0 Å². The topological polar surface area (TPSA) is 38.3 Å². The number of ether oxygens (including phenoxy) is 1. The quantitative estimate of drug-likeness (QED) is 0.328. The van der Waals surface area contributed by atoms with Crippen molar-refractivity contribution in [2.24, 2.45) is 0 Å². The lowest BCUT2D eigenvalue weighted by Crippen LogP contribution is -3.00. The van der Waals surface area contributed by atoms with Crippen molar-refractivity contribution in [3.8, 4) is 11.1 Å². The maximum Gasteiger partial charge on any atom is 0.251 e. The van der Waals surface area contributed by atoms with Crippen LogP contribution in [0.15, 0.2) is 77.2 Å². The molecule has 1 amide bonds. The van der Waals surface area contributed by atoms with E-state index in [0.717, 1.165) is 66.1 Å². The molecule has 200 valence electrons. The number of quaternary nitrogens is 1. The summed E-state index contributed by atoms with van der Waals surface area (Å²) in [5, 5.41) is 3.14. The number of nitrogens with zero attached hydrogens (tertiary/aromatic N) is 1. The molecule has 0 spiro atoms. The van der Waals surface area contributed by atoms with E-state index in [-0.39, 0.29) is 29.9 Å². The number of aryl methyl sites for hydroxylation is 1. The second-order valence-corrected chi connectivity index (χ2v) is 12.0. The van der Waals surface area contributed by atoms with Crippen molar-refractivity contribution >= 4 is 29.4 Å². The van der Waals surface area contributed by atoms with Gasteiger partial charge in [0.2, 0.25) is 0 Å². The minimum Gasteiger partial charge on any atom is -1.00 e. The van der Waals surface area contributed by atoms with Gasteiger partial charge >= 0.3 is 0 Å². The van der Waals surface area contributed by atoms with E-state index in [1.54, 1.807) is 0 Å². The molecular weight excluding hydrogens is 603 g/mol.